The van der Waals surface area contributed by atoms with E-state index >= 15 is 0 Å². The average Bonchev–Trinajstić information content (AvgIpc) is 3.45. The monoisotopic (exact) mass is 480 g/mol. The van der Waals surface area contributed by atoms with Crippen LogP contribution in [0, 0.1) is 37.0 Å². The number of benzene rings is 3. The molecule has 2 bridgehead atoms. The molecule has 6 heteroatoms. The van der Waals surface area contributed by atoms with Gasteiger partial charge < -0.3 is 9.47 Å². The number of carbonyl (C=O) groups is 2. The van der Waals surface area contributed by atoms with Crippen molar-refractivity contribution in [2.45, 2.75) is 51.2 Å². The van der Waals surface area contributed by atoms with Crippen molar-refractivity contribution in [3.8, 4) is 11.8 Å². The molecule has 3 aromatic rings. The summed E-state index contributed by atoms with van der Waals surface area (Å²) >= 11 is 0. The fraction of sp³-hybridized carbons (Fsp3) is 0.367. The van der Waals surface area contributed by atoms with Crippen molar-refractivity contribution in [2.75, 3.05) is 11.5 Å². The standard InChI is InChI=1S/C30H28N2O4/c1-18-7-6-8-19(2)26(18)35-16-15-30-14-13-29(3,36-30)24-25(30)28(34)32(27(24)33)23-12-11-20(17-31)21-9-4-5-10-22(21)23/h4-12,24-25H,13-16H2,1-3H3. The van der Waals surface area contributed by atoms with E-state index in [9.17, 15) is 14.9 Å². The van der Waals surface area contributed by atoms with Gasteiger partial charge in [0.2, 0.25) is 11.8 Å². The van der Waals surface area contributed by atoms with Crippen molar-refractivity contribution >= 4 is 28.3 Å². The molecule has 3 saturated heterocycles. The first-order valence-corrected chi connectivity index (χ1v) is 12.5. The fourth-order valence-electron chi connectivity index (χ4n) is 6.78. The summed E-state index contributed by atoms with van der Waals surface area (Å²) in [6.45, 7) is 6.42. The van der Waals surface area contributed by atoms with E-state index in [1.807, 2.05) is 63.2 Å². The Balaban J connectivity index is 1.34. The maximum absolute atomic E-state index is 14.0. The highest BCUT2D eigenvalue weighted by atomic mass is 16.5. The molecule has 3 aromatic carbocycles. The van der Waals surface area contributed by atoms with Crippen molar-refractivity contribution in [1.82, 2.24) is 0 Å². The van der Waals surface area contributed by atoms with Gasteiger partial charge in [-0.05, 0) is 56.9 Å². The van der Waals surface area contributed by atoms with Crippen molar-refractivity contribution in [1.29, 1.82) is 5.26 Å². The molecule has 4 atom stereocenters. The number of para-hydroxylation sites is 1. The average molecular weight is 481 g/mol. The molecule has 0 aliphatic carbocycles. The van der Waals surface area contributed by atoms with Crippen molar-refractivity contribution in [3.05, 3.63) is 71.3 Å². The number of aryl methyl sites for hydroxylation is 2. The van der Waals surface area contributed by atoms with Gasteiger partial charge in [0.1, 0.15) is 5.75 Å². The second-order valence-corrected chi connectivity index (χ2v) is 10.6. The third-order valence-corrected chi connectivity index (χ3v) is 8.45. The van der Waals surface area contributed by atoms with Crippen LogP contribution in [0.25, 0.3) is 10.8 Å². The lowest BCUT2D eigenvalue weighted by molar-refractivity contribution is -0.131. The largest absolute Gasteiger partial charge is 0.493 e. The number of fused-ring (bicyclic) bond motifs is 6. The van der Waals surface area contributed by atoms with Crippen LogP contribution in [0.2, 0.25) is 0 Å². The molecule has 3 heterocycles. The minimum Gasteiger partial charge on any atom is -0.493 e. The number of rotatable bonds is 5. The van der Waals surface area contributed by atoms with Crippen LogP contribution >= 0.6 is 0 Å². The summed E-state index contributed by atoms with van der Waals surface area (Å²) < 4.78 is 12.8. The quantitative estimate of drug-likeness (QED) is 0.468. The van der Waals surface area contributed by atoms with E-state index in [4.69, 9.17) is 9.47 Å². The predicted octanol–water partition coefficient (Wildman–Crippen LogP) is 5.22. The van der Waals surface area contributed by atoms with E-state index in [1.54, 1.807) is 12.1 Å². The Labute approximate surface area is 210 Å². The number of hydrogen-bond donors (Lipinski definition) is 0. The van der Waals surface area contributed by atoms with E-state index in [0.29, 0.717) is 24.3 Å². The summed E-state index contributed by atoms with van der Waals surface area (Å²) in [5.74, 6) is -0.619. The van der Waals surface area contributed by atoms with Crippen LogP contribution in [0.4, 0.5) is 5.69 Å². The van der Waals surface area contributed by atoms with Crippen LogP contribution in [-0.2, 0) is 14.3 Å². The molecule has 3 fully saturated rings. The minimum atomic E-state index is -0.722. The molecule has 0 saturated carbocycles. The number of anilines is 1. The van der Waals surface area contributed by atoms with Gasteiger partial charge in [0.25, 0.3) is 0 Å². The first kappa shape index (κ1) is 22.8. The third-order valence-electron chi connectivity index (χ3n) is 8.45. The van der Waals surface area contributed by atoms with Gasteiger partial charge in [-0.2, -0.15) is 5.26 Å². The Kier molecular flexibility index (Phi) is 5.00. The van der Waals surface area contributed by atoms with E-state index in [0.717, 1.165) is 40.5 Å². The van der Waals surface area contributed by atoms with Gasteiger partial charge >= 0.3 is 0 Å². The number of nitriles is 1. The van der Waals surface area contributed by atoms with Crippen molar-refractivity contribution < 1.29 is 19.1 Å². The normalized spacial score (nSPS) is 28.6. The summed E-state index contributed by atoms with van der Waals surface area (Å²) in [5.41, 5.74) is 1.80. The molecule has 3 aliphatic heterocycles. The number of imide groups is 1. The maximum Gasteiger partial charge on any atom is 0.240 e. The predicted molar refractivity (Wildman–Crippen MR) is 136 cm³/mol. The number of hydrogen-bond acceptors (Lipinski definition) is 5. The molecule has 0 radical (unpaired) electrons. The Bertz CT molecular complexity index is 1450. The second kappa shape index (κ2) is 7.91. The number of carbonyl (C=O) groups excluding carboxylic acids is 2. The van der Waals surface area contributed by atoms with Crippen molar-refractivity contribution in [3.63, 3.8) is 0 Å². The van der Waals surface area contributed by atoms with Gasteiger partial charge in [-0.1, -0.05) is 42.5 Å². The lowest BCUT2D eigenvalue weighted by Gasteiger charge is -2.31. The first-order chi connectivity index (χ1) is 17.3. The smallest absolute Gasteiger partial charge is 0.240 e. The fourth-order valence-corrected chi connectivity index (χ4v) is 6.78. The molecule has 182 valence electrons. The lowest BCUT2D eigenvalue weighted by atomic mass is 9.67. The molecule has 4 unspecified atom stereocenters. The lowest BCUT2D eigenvalue weighted by Crippen LogP contribution is -2.43. The molecule has 2 amide bonds. The summed E-state index contributed by atoms with van der Waals surface area (Å²) in [7, 11) is 0. The zero-order chi connectivity index (χ0) is 25.2. The number of ether oxygens (including phenoxy) is 2. The zero-order valence-corrected chi connectivity index (χ0v) is 20.7. The second-order valence-electron chi connectivity index (χ2n) is 10.6. The van der Waals surface area contributed by atoms with Gasteiger partial charge in [-0.3, -0.25) is 9.59 Å². The Morgan fingerprint density at radius 3 is 2.39 bits per heavy atom. The molecule has 36 heavy (non-hydrogen) atoms. The highest BCUT2D eigenvalue weighted by molar-refractivity contribution is 6.26. The molecule has 3 aliphatic rings. The van der Waals surface area contributed by atoms with E-state index < -0.39 is 23.0 Å². The SMILES string of the molecule is Cc1cccc(C)c1OCCC12CCC(C)(O1)C1C(=O)N(c3ccc(C#N)c4ccccc34)C(=O)C12. The van der Waals surface area contributed by atoms with Crippen LogP contribution in [0.5, 0.6) is 5.75 Å². The van der Waals surface area contributed by atoms with E-state index in [1.165, 1.54) is 4.90 Å². The summed E-state index contributed by atoms with van der Waals surface area (Å²) in [6.07, 6.45) is 2.00. The molecule has 6 rings (SSSR count). The van der Waals surface area contributed by atoms with Gasteiger partial charge in [0.15, 0.2) is 0 Å². The van der Waals surface area contributed by atoms with Crippen LogP contribution in [0.1, 0.15) is 42.9 Å². The van der Waals surface area contributed by atoms with Gasteiger partial charge in [0, 0.05) is 17.2 Å². The van der Waals surface area contributed by atoms with Crippen molar-refractivity contribution in [2.24, 2.45) is 11.8 Å². The van der Waals surface area contributed by atoms with Crippen LogP contribution in [0.15, 0.2) is 54.6 Å². The van der Waals surface area contributed by atoms with E-state index in [2.05, 4.69) is 6.07 Å². The van der Waals surface area contributed by atoms with Gasteiger partial charge in [-0.25, -0.2) is 4.90 Å². The topological polar surface area (TPSA) is 79.6 Å². The highest BCUT2D eigenvalue weighted by Gasteiger charge is 2.73. The Hall–Kier alpha value is -3.69. The van der Waals surface area contributed by atoms with Gasteiger partial charge in [0.05, 0.1) is 47.0 Å². The summed E-state index contributed by atoms with van der Waals surface area (Å²) in [4.78, 5) is 29.2. The molecular weight excluding hydrogens is 452 g/mol. The van der Waals surface area contributed by atoms with Crippen LogP contribution < -0.4 is 9.64 Å². The van der Waals surface area contributed by atoms with Crippen LogP contribution in [0.3, 0.4) is 0 Å². The number of nitrogens with zero attached hydrogens (tertiary/aromatic N) is 2. The molecule has 0 aromatic heterocycles. The molecular formula is C30H28N2O4. The zero-order valence-electron chi connectivity index (χ0n) is 20.7. The Morgan fingerprint density at radius 1 is 0.972 bits per heavy atom. The molecule has 6 nitrogen and oxygen atoms in total. The summed E-state index contributed by atoms with van der Waals surface area (Å²) in [6, 6.07) is 19.1. The maximum atomic E-state index is 14.0. The highest BCUT2D eigenvalue weighted by Crippen LogP contribution is 2.62. The Morgan fingerprint density at radius 2 is 1.67 bits per heavy atom. The molecule has 0 spiro atoms. The first-order valence-electron chi connectivity index (χ1n) is 12.5. The molecule has 0 N–H and O–H groups in total. The third kappa shape index (κ3) is 3.06. The van der Waals surface area contributed by atoms with Gasteiger partial charge in [-0.15, -0.1) is 0 Å². The number of amides is 2. The minimum absolute atomic E-state index is 0.209. The van der Waals surface area contributed by atoms with Crippen LogP contribution in [-0.4, -0.2) is 29.6 Å². The summed E-state index contributed by atoms with van der Waals surface area (Å²) in [5, 5.41) is 11.0. The van der Waals surface area contributed by atoms with E-state index in [-0.39, 0.29) is 11.8 Å².